The first-order valence-corrected chi connectivity index (χ1v) is 13.6. The van der Waals surface area contributed by atoms with E-state index in [1.807, 2.05) is 0 Å². The number of hydrogen-bond donors (Lipinski definition) is 6. The van der Waals surface area contributed by atoms with Gasteiger partial charge in [0.2, 0.25) is 17.7 Å². The first kappa shape index (κ1) is 34.9. The molecule has 0 unspecified atom stereocenters. The molecule has 14 heteroatoms. The van der Waals surface area contributed by atoms with Gasteiger partial charge in [-0.1, -0.05) is 54.6 Å². The summed E-state index contributed by atoms with van der Waals surface area (Å²) in [7, 11) is 0. The molecule has 0 aliphatic heterocycles. The van der Waals surface area contributed by atoms with Crippen molar-refractivity contribution in [1.82, 2.24) is 21.3 Å². The van der Waals surface area contributed by atoms with Crippen LogP contribution >= 0.6 is 0 Å². The highest BCUT2D eigenvalue weighted by Crippen LogP contribution is 2.11. The van der Waals surface area contributed by atoms with E-state index in [0.29, 0.717) is 11.1 Å². The van der Waals surface area contributed by atoms with Gasteiger partial charge in [0.05, 0.1) is 0 Å². The molecule has 44 heavy (non-hydrogen) atoms. The lowest BCUT2D eigenvalue weighted by molar-refractivity contribution is -0.138. The number of hydrogen-bond acceptors (Lipinski definition) is 8. The van der Waals surface area contributed by atoms with Crippen molar-refractivity contribution in [3.8, 4) is 0 Å². The summed E-state index contributed by atoms with van der Waals surface area (Å²) in [5, 5.41) is 27.5. The Hall–Kier alpha value is -5.27. The molecule has 0 heterocycles. The van der Waals surface area contributed by atoms with Crippen LogP contribution in [0.2, 0.25) is 0 Å². The molecule has 14 nitrogen and oxygen atoms in total. The third kappa shape index (κ3) is 11.9. The fourth-order valence-corrected chi connectivity index (χ4v) is 3.83. The summed E-state index contributed by atoms with van der Waals surface area (Å²) >= 11 is 0. The Bertz CT molecular complexity index is 1370. The maximum absolute atomic E-state index is 13.3. The van der Waals surface area contributed by atoms with E-state index in [0.717, 1.165) is 0 Å². The van der Waals surface area contributed by atoms with Gasteiger partial charge in [0.15, 0.2) is 0 Å². The van der Waals surface area contributed by atoms with Gasteiger partial charge in [-0.25, -0.2) is 9.59 Å². The van der Waals surface area contributed by atoms with Crippen LogP contribution in [0.3, 0.4) is 0 Å². The highest BCUT2D eigenvalue weighted by atomic mass is 16.6. The minimum absolute atomic E-state index is 0.0436. The van der Waals surface area contributed by atoms with E-state index < -0.39 is 71.8 Å². The second-order valence-electron chi connectivity index (χ2n) is 10.8. The summed E-state index contributed by atoms with van der Waals surface area (Å²) in [5.41, 5.74) is 0.188. The van der Waals surface area contributed by atoms with Crippen molar-refractivity contribution in [2.24, 2.45) is 0 Å². The normalized spacial score (nSPS) is 12.9. The van der Waals surface area contributed by atoms with Gasteiger partial charge in [-0.15, -0.1) is 0 Å². The van der Waals surface area contributed by atoms with E-state index in [1.54, 1.807) is 51.1 Å². The third-order valence-corrected chi connectivity index (χ3v) is 5.94. The van der Waals surface area contributed by atoms with Crippen LogP contribution in [0.4, 0.5) is 4.79 Å². The average Bonchev–Trinajstić information content (AvgIpc) is 2.94. The Labute approximate surface area is 253 Å². The van der Waals surface area contributed by atoms with Gasteiger partial charge in [0.25, 0.3) is 5.78 Å². The van der Waals surface area contributed by atoms with Crippen molar-refractivity contribution < 1.29 is 48.5 Å². The number of amides is 4. The van der Waals surface area contributed by atoms with Crippen molar-refractivity contribution >= 4 is 41.5 Å². The van der Waals surface area contributed by atoms with Gasteiger partial charge < -0.3 is 36.2 Å². The van der Waals surface area contributed by atoms with E-state index in [4.69, 9.17) is 14.9 Å². The molecule has 2 rings (SSSR count). The number of aliphatic carboxylic acids is 2. The first-order chi connectivity index (χ1) is 20.6. The number of carboxylic acids is 2. The number of carboxylic acid groups (broad SMARTS) is 2. The quantitative estimate of drug-likeness (QED) is 0.130. The molecular formula is C30H36N4O10. The van der Waals surface area contributed by atoms with E-state index in [2.05, 4.69) is 21.3 Å². The predicted molar refractivity (Wildman–Crippen MR) is 156 cm³/mol. The molecule has 0 saturated carbocycles. The van der Waals surface area contributed by atoms with Crippen LogP contribution in [0.1, 0.15) is 49.2 Å². The van der Waals surface area contributed by atoms with Crippen LogP contribution in [0.15, 0.2) is 54.6 Å². The van der Waals surface area contributed by atoms with Crippen LogP contribution in [-0.2, 0) is 41.6 Å². The molecule has 6 N–H and O–H groups in total. The van der Waals surface area contributed by atoms with Gasteiger partial charge in [-0.05, 0) is 38.8 Å². The predicted octanol–water partition coefficient (Wildman–Crippen LogP) is 0.823. The molecular weight excluding hydrogens is 576 g/mol. The number of alkyl carbamates (subject to hydrolysis) is 1. The Balaban J connectivity index is 2.19. The van der Waals surface area contributed by atoms with Gasteiger partial charge in [0, 0.05) is 18.4 Å². The van der Waals surface area contributed by atoms with E-state index >= 15 is 0 Å². The van der Waals surface area contributed by atoms with Crippen molar-refractivity contribution in [3.63, 3.8) is 0 Å². The number of carbonyl (C=O) groups is 7. The summed E-state index contributed by atoms with van der Waals surface area (Å²) in [6.07, 6.45) is -0.984. The second-order valence-corrected chi connectivity index (χ2v) is 10.8. The smallest absolute Gasteiger partial charge is 0.408 e. The summed E-state index contributed by atoms with van der Waals surface area (Å²) < 4.78 is 5.26. The average molecular weight is 613 g/mol. The highest BCUT2D eigenvalue weighted by Gasteiger charge is 2.29. The summed E-state index contributed by atoms with van der Waals surface area (Å²) in [6.45, 7) is 5.59. The summed E-state index contributed by atoms with van der Waals surface area (Å²) in [5.74, 6) is -6.27. The minimum atomic E-state index is -1.63. The number of Topliss-reactive ketones (excluding diaryl/α,β-unsaturated/α-hetero) is 1. The Morgan fingerprint density at radius 3 is 1.80 bits per heavy atom. The van der Waals surface area contributed by atoms with Crippen LogP contribution < -0.4 is 21.3 Å². The maximum Gasteiger partial charge on any atom is 0.408 e. The monoisotopic (exact) mass is 612 g/mol. The SMILES string of the molecule is C[C@H](NC(=O)[C@H](Cc1ccc(C(=O)C(=O)O)cc1)NC(=O)OC(C)(C)C)C(=O)N[C@@H](Cc1ccccc1)C(=O)NCC(=O)O. The standard InChI is InChI=1S/C30H36N4O10/c1-17(25(38)33-21(26(39)31-16-23(35)36)14-18-8-6-5-7-9-18)32-27(40)22(34-29(43)44-30(2,3)4)15-19-10-12-20(13-11-19)24(37)28(41)42/h5-13,17,21-22H,14-16H2,1-4H3,(H,31,39)(H,32,40)(H,33,38)(H,34,43)(H,35,36)(H,41,42)/t17-,21-,22-/m0/s1. The summed E-state index contributed by atoms with van der Waals surface area (Å²) in [4.78, 5) is 85.1. The lowest BCUT2D eigenvalue weighted by Crippen LogP contribution is -2.57. The first-order valence-electron chi connectivity index (χ1n) is 13.6. The van der Waals surface area contributed by atoms with Crippen LogP contribution in [-0.4, -0.2) is 82.0 Å². The molecule has 0 radical (unpaired) electrons. The zero-order valence-corrected chi connectivity index (χ0v) is 24.7. The Morgan fingerprint density at radius 1 is 0.727 bits per heavy atom. The van der Waals surface area contributed by atoms with Crippen molar-refractivity contribution in [2.45, 2.75) is 64.3 Å². The highest BCUT2D eigenvalue weighted by molar-refractivity contribution is 6.39. The second kappa shape index (κ2) is 15.8. The molecule has 0 fully saturated rings. The maximum atomic E-state index is 13.3. The van der Waals surface area contributed by atoms with Crippen molar-refractivity contribution in [3.05, 3.63) is 71.3 Å². The van der Waals surface area contributed by atoms with Gasteiger partial charge >= 0.3 is 18.0 Å². The third-order valence-electron chi connectivity index (χ3n) is 5.94. The van der Waals surface area contributed by atoms with Crippen LogP contribution in [0.25, 0.3) is 0 Å². The number of benzene rings is 2. The van der Waals surface area contributed by atoms with Crippen LogP contribution in [0, 0.1) is 0 Å². The molecule has 0 bridgehead atoms. The topological polar surface area (TPSA) is 217 Å². The van der Waals surface area contributed by atoms with Gasteiger partial charge in [-0.3, -0.25) is 24.0 Å². The molecule has 236 valence electrons. The molecule has 0 saturated heterocycles. The molecule has 0 aliphatic carbocycles. The van der Waals surface area contributed by atoms with E-state index in [9.17, 15) is 33.6 Å². The summed E-state index contributed by atoms with van der Waals surface area (Å²) in [6, 6.07) is 10.5. The molecule has 4 amide bonds. The number of ketones is 1. The van der Waals surface area contributed by atoms with Gasteiger partial charge in [-0.2, -0.15) is 0 Å². The number of nitrogens with one attached hydrogen (secondary N) is 4. The lowest BCUT2D eigenvalue weighted by atomic mass is 10.0. The van der Waals surface area contributed by atoms with Crippen LogP contribution in [0.5, 0.6) is 0 Å². The lowest BCUT2D eigenvalue weighted by Gasteiger charge is -2.25. The van der Waals surface area contributed by atoms with E-state index in [1.165, 1.54) is 31.2 Å². The number of ether oxygens (including phenoxy) is 1. The minimum Gasteiger partial charge on any atom is -0.480 e. The largest absolute Gasteiger partial charge is 0.480 e. The Kier molecular flexibility index (Phi) is 12.6. The zero-order valence-electron chi connectivity index (χ0n) is 24.7. The fourth-order valence-electron chi connectivity index (χ4n) is 3.83. The molecule has 0 aliphatic rings. The number of rotatable bonds is 14. The van der Waals surface area contributed by atoms with Crippen molar-refractivity contribution in [1.29, 1.82) is 0 Å². The molecule has 2 aromatic carbocycles. The molecule has 3 atom stereocenters. The zero-order chi connectivity index (χ0) is 33.0. The molecule has 2 aromatic rings. The molecule has 0 aromatic heterocycles. The van der Waals surface area contributed by atoms with Gasteiger partial charge in [0.1, 0.15) is 30.3 Å². The van der Waals surface area contributed by atoms with E-state index in [-0.39, 0.29) is 18.4 Å². The van der Waals surface area contributed by atoms with Crippen molar-refractivity contribution in [2.75, 3.05) is 6.54 Å². The number of carbonyl (C=O) groups excluding carboxylic acids is 5. The molecule has 0 spiro atoms. The fraction of sp³-hybridized carbons (Fsp3) is 0.367. The Morgan fingerprint density at radius 2 is 1.27 bits per heavy atom.